The van der Waals surface area contributed by atoms with E-state index in [1.165, 1.54) is 18.5 Å². The summed E-state index contributed by atoms with van der Waals surface area (Å²) < 4.78 is 41.0. The van der Waals surface area contributed by atoms with Gasteiger partial charge in [-0.2, -0.15) is 0 Å². The summed E-state index contributed by atoms with van der Waals surface area (Å²) in [6.45, 7) is 6.30. The Morgan fingerprint density at radius 1 is 1.22 bits per heavy atom. The molecule has 3 aliphatic heterocycles. The van der Waals surface area contributed by atoms with E-state index in [9.17, 15) is 23.1 Å². The minimum atomic E-state index is -2.91. The van der Waals surface area contributed by atoms with Gasteiger partial charge in [0.15, 0.2) is 0 Å². The van der Waals surface area contributed by atoms with Crippen LogP contribution in [0.4, 0.5) is 24.8 Å². The van der Waals surface area contributed by atoms with Crippen molar-refractivity contribution < 1.29 is 23.1 Å². The van der Waals surface area contributed by atoms with Crippen LogP contribution >= 0.6 is 0 Å². The maximum Gasteiger partial charge on any atom is 0.266 e. The van der Waals surface area contributed by atoms with Crippen molar-refractivity contribution in [3.05, 3.63) is 52.6 Å². The molecular formula is C25H29F3N6O2. The highest BCUT2D eigenvalue weighted by Gasteiger charge is 2.45. The molecule has 192 valence electrons. The number of fused-ring (bicyclic) bond motifs is 1. The number of benzene rings is 1. The first-order chi connectivity index (χ1) is 17.0. The number of likely N-dealkylation sites (tertiary alicyclic amines) is 2. The molecule has 4 heterocycles. The minimum absolute atomic E-state index is 0.0745. The number of nitrogens with one attached hydrogen (secondary N) is 1. The number of hydrogen-bond acceptors (Lipinski definition) is 7. The summed E-state index contributed by atoms with van der Waals surface area (Å²) in [5.74, 6) is -0.0255. The first-order valence-corrected chi connectivity index (χ1v) is 11.9. The van der Waals surface area contributed by atoms with E-state index in [4.69, 9.17) is 0 Å². The molecule has 36 heavy (non-hydrogen) atoms. The maximum atomic E-state index is 14.7. The van der Waals surface area contributed by atoms with Crippen LogP contribution in [0.5, 0.6) is 0 Å². The molecule has 2 aromatic rings. The van der Waals surface area contributed by atoms with Gasteiger partial charge in [-0.05, 0) is 19.9 Å². The summed E-state index contributed by atoms with van der Waals surface area (Å²) >= 11 is 0. The van der Waals surface area contributed by atoms with Crippen molar-refractivity contribution in [3.63, 3.8) is 0 Å². The van der Waals surface area contributed by atoms with Crippen LogP contribution in [0.1, 0.15) is 43.0 Å². The summed E-state index contributed by atoms with van der Waals surface area (Å²) in [6.07, 6.45) is 0.212. The first kappa shape index (κ1) is 24.5. The lowest BCUT2D eigenvalue weighted by molar-refractivity contribution is -0.148. The Morgan fingerprint density at radius 2 is 1.92 bits per heavy atom. The van der Waals surface area contributed by atoms with Crippen LogP contribution in [-0.4, -0.2) is 82.2 Å². The van der Waals surface area contributed by atoms with Crippen LogP contribution in [-0.2, 0) is 4.79 Å². The molecule has 2 saturated heterocycles. The molecule has 2 N–H and O–H groups in total. The monoisotopic (exact) mass is 502 g/mol. The number of anilines is 2. The molecule has 0 saturated carbocycles. The van der Waals surface area contributed by atoms with E-state index in [-0.39, 0.29) is 17.5 Å². The van der Waals surface area contributed by atoms with Crippen molar-refractivity contribution in [2.75, 3.05) is 50.0 Å². The second kappa shape index (κ2) is 9.04. The van der Waals surface area contributed by atoms with E-state index in [1.807, 2.05) is 18.9 Å². The van der Waals surface area contributed by atoms with Crippen molar-refractivity contribution in [3.8, 4) is 0 Å². The molecular weight excluding hydrogens is 473 g/mol. The van der Waals surface area contributed by atoms with Crippen LogP contribution in [0.3, 0.4) is 0 Å². The van der Waals surface area contributed by atoms with E-state index in [0.717, 1.165) is 6.07 Å². The Labute approximate surface area is 207 Å². The largest absolute Gasteiger partial charge is 0.388 e. The van der Waals surface area contributed by atoms with Crippen LogP contribution in [0.2, 0.25) is 0 Å². The Hall–Kier alpha value is -3.18. The smallest absolute Gasteiger partial charge is 0.266 e. The van der Waals surface area contributed by atoms with Gasteiger partial charge in [-0.25, -0.2) is 23.1 Å². The lowest BCUT2D eigenvalue weighted by Crippen LogP contribution is -2.71. The number of β-amino-alcohol motifs (C(OH)–C–C–N with tert-alkyl or cyclic N) is 1. The standard InChI is InChI=1S/C25H29F3N6O2/c1-14(17-5-4-6-18(20(17)26)21(27)28)31-22-19-7-15(8-32(3)23(19)30-13-29-22)24(35)33-9-16(10-33)34-11-25(2,36)12-34/h4-7,13-14,16,21,36H,8-12H2,1-3H3,(H,29,30,31)/t14-/m1/s1. The van der Waals surface area contributed by atoms with Gasteiger partial charge < -0.3 is 20.2 Å². The molecule has 11 heteroatoms. The lowest BCUT2D eigenvalue weighted by atomic mass is 9.91. The van der Waals surface area contributed by atoms with E-state index in [0.29, 0.717) is 55.5 Å². The number of nitrogens with zero attached hydrogens (tertiary/aromatic N) is 5. The second-order valence-electron chi connectivity index (χ2n) is 10.2. The number of aliphatic hydroxyl groups is 1. The number of carbonyl (C=O) groups excluding carboxylic acids is 1. The van der Waals surface area contributed by atoms with Crippen molar-refractivity contribution in [2.24, 2.45) is 0 Å². The van der Waals surface area contributed by atoms with Gasteiger partial charge in [0.1, 0.15) is 23.8 Å². The normalized spacial score (nSPS) is 20.4. The predicted octanol–water partition coefficient (Wildman–Crippen LogP) is 2.84. The Balaban J connectivity index is 1.34. The van der Waals surface area contributed by atoms with Crippen LogP contribution in [0.15, 0.2) is 30.1 Å². The molecule has 5 rings (SSSR count). The van der Waals surface area contributed by atoms with Crippen molar-refractivity contribution >= 4 is 23.6 Å². The summed E-state index contributed by atoms with van der Waals surface area (Å²) in [6, 6.07) is 3.53. The molecule has 0 aliphatic carbocycles. The average molecular weight is 503 g/mol. The van der Waals surface area contributed by atoms with E-state index >= 15 is 0 Å². The third kappa shape index (κ3) is 4.41. The van der Waals surface area contributed by atoms with Gasteiger partial charge in [-0.15, -0.1) is 0 Å². The Kier molecular flexibility index (Phi) is 6.16. The zero-order chi connectivity index (χ0) is 25.8. The fraction of sp³-hybridized carbons (Fsp3) is 0.480. The third-order valence-corrected chi connectivity index (χ3v) is 7.09. The van der Waals surface area contributed by atoms with Gasteiger partial charge in [0.2, 0.25) is 0 Å². The molecule has 8 nitrogen and oxygen atoms in total. The highest BCUT2D eigenvalue weighted by atomic mass is 19.3. The zero-order valence-electron chi connectivity index (χ0n) is 20.4. The highest BCUT2D eigenvalue weighted by molar-refractivity contribution is 6.02. The van der Waals surface area contributed by atoms with Crippen LogP contribution in [0.25, 0.3) is 6.08 Å². The average Bonchev–Trinajstić information content (AvgIpc) is 2.77. The number of halogens is 3. The van der Waals surface area contributed by atoms with Gasteiger partial charge >= 0.3 is 0 Å². The van der Waals surface area contributed by atoms with Crippen LogP contribution < -0.4 is 10.2 Å². The third-order valence-electron chi connectivity index (χ3n) is 7.09. The topological polar surface area (TPSA) is 84.8 Å². The van der Waals surface area contributed by atoms with E-state index in [2.05, 4.69) is 20.2 Å². The van der Waals surface area contributed by atoms with Gasteiger partial charge in [0.05, 0.1) is 22.8 Å². The molecule has 1 aromatic carbocycles. The maximum absolute atomic E-state index is 14.7. The van der Waals surface area contributed by atoms with E-state index in [1.54, 1.807) is 17.9 Å². The molecule has 0 unspecified atom stereocenters. The van der Waals surface area contributed by atoms with Gasteiger partial charge in [0.25, 0.3) is 12.3 Å². The second-order valence-corrected chi connectivity index (χ2v) is 10.2. The zero-order valence-corrected chi connectivity index (χ0v) is 20.4. The van der Waals surface area contributed by atoms with Crippen LogP contribution in [0, 0.1) is 5.82 Å². The molecule has 0 bridgehead atoms. The molecule has 1 atom stereocenters. The van der Waals surface area contributed by atoms with E-state index < -0.39 is 29.4 Å². The quantitative estimate of drug-likeness (QED) is 0.629. The first-order valence-electron chi connectivity index (χ1n) is 11.9. The molecule has 1 amide bonds. The van der Waals surface area contributed by atoms with Gasteiger partial charge in [-0.1, -0.05) is 18.2 Å². The fourth-order valence-corrected chi connectivity index (χ4v) is 5.11. The summed E-state index contributed by atoms with van der Waals surface area (Å²) in [5, 5.41) is 13.1. The molecule has 3 aliphatic rings. The Bertz CT molecular complexity index is 1210. The number of aromatic nitrogens is 2. The van der Waals surface area contributed by atoms with Crippen molar-refractivity contribution in [1.29, 1.82) is 0 Å². The molecule has 2 fully saturated rings. The number of likely N-dealkylation sites (N-methyl/N-ethyl adjacent to an activating group) is 1. The molecule has 1 aromatic heterocycles. The number of alkyl halides is 2. The lowest BCUT2D eigenvalue weighted by Gasteiger charge is -2.54. The highest BCUT2D eigenvalue weighted by Crippen LogP contribution is 2.35. The van der Waals surface area contributed by atoms with Crippen molar-refractivity contribution in [1.82, 2.24) is 19.8 Å². The summed E-state index contributed by atoms with van der Waals surface area (Å²) in [4.78, 5) is 27.7. The number of amides is 1. The minimum Gasteiger partial charge on any atom is -0.388 e. The fourth-order valence-electron chi connectivity index (χ4n) is 5.11. The number of rotatable bonds is 6. The molecule has 0 radical (unpaired) electrons. The summed E-state index contributed by atoms with van der Waals surface area (Å²) in [7, 11) is 1.83. The summed E-state index contributed by atoms with van der Waals surface area (Å²) in [5.41, 5.74) is -0.0279. The number of hydrogen-bond donors (Lipinski definition) is 2. The predicted molar refractivity (Wildman–Crippen MR) is 129 cm³/mol. The van der Waals surface area contributed by atoms with Crippen molar-refractivity contribution in [2.45, 2.75) is 38.0 Å². The Morgan fingerprint density at radius 3 is 2.58 bits per heavy atom. The number of carbonyl (C=O) groups is 1. The van der Waals surface area contributed by atoms with Gasteiger partial charge in [-0.3, -0.25) is 9.69 Å². The van der Waals surface area contributed by atoms with Gasteiger partial charge in [0, 0.05) is 56.9 Å². The molecule has 0 spiro atoms. The SMILES string of the molecule is C[C@@H](Nc1ncnc2c1C=C(C(=O)N1CC(N3CC(C)(O)C3)C1)CN2C)c1cccc(C(F)F)c1F.